The first-order chi connectivity index (χ1) is 19.5. The summed E-state index contributed by atoms with van der Waals surface area (Å²) >= 11 is 12.9. The predicted molar refractivity (Wildman–Crippen MR) is 151 cm³/mol. The molecule has 0 spiro atoms. The lowest BCUT2D eigenvalue weighted by Crippen LogP contribution is -2.29. The van der Waals surface area contributed by atoms with E-state index in [0.29, 0.717) is 27.4 Å². The van der Waals surface area contributed by atoms with Crippen LogP contribution in [0.5, 0.6) is 5.75 Å². The fraction of sp³-hybridized carbons (Fsp3) is 0.185. The Morgan fingerprint density at radius 2 is 1.78 bits per heavy atom. The molecule has 8 nitrogen and oxygen atoms in total. The Kier molecular flexibility index (Phi) is 9.79. The first-order valence-electron chi connectivity index (χ1n) is 12.0. The molecule has 14 heteroatoms. The number of benzene rings is 3. The van der Waals surface area contributed by atoms with Gasteiger partial charge in [-0.05, 0) is 55.0 Å². The van der Waals surface area contributed by atoms with Gasteiger partial charge in [0.2, 0.25) is 5.91 Å². The minimum atomic E-state index is -4.62. The lowest BCUT2D eigenvalue weighted by Gasteiger charge is -2.14. The molecular weight excluding hydrogens is 602 g/mol. The van der Waals surface area contributed by atoms with Crippen molar-refractivity contribution in [2.24, 2.45) is 0 Å². The number of halogens is 5. The van der Waals surface area contributed by atoms with Crippen LogP contribution in [-0.2, 0) is 22.3 Å². The molecule has 1 heterocycles. The Bertz CT molecular complexity index is 1570. The van der Waals surface area contributed by atoms with Gasteiger partial charge < -0.3 is 15.4 Å². The van der Waals surface area contributed by atoms with Crippen LogP contribution in [0, 0.1) is 6.92 Å². The highest BCUT2D eigenvalue weighted by Gasteiger charge is 2.33. The highest BCUT2D eigenvalue weighted by molar-refractivity contribution is 7.99. The third-order valence-electron chi connectivity index (χ3n) is 5.50. The van der Waals surface area contributed by atoms with Crippen molar-refractivity contribution >= 4 is 52.5 Å². The molecule has 0 aliphatic rings. The molecule has 0 radical (unpaired) electrons. The zero-order chi connectivity index (χ0) is 29.6. The van der Waals surface area contributed by atoms with Gasteiger partial charge in [-0.1, -0.05) is 59.2 Å². The average molecular weight is 624 g/mol. The summed E-state index contributed by atoms with van der Waals surface area (Å²) in [6.07, 6.45) is -4.62. The van der Waals surface area contributed by atoms with Crippen molar-refractivity contribution < 1.29 is 27.5 Å². The van der Waals surface area contributed by atoms with E-state index in [0.717, 1.165) is 23.4 Å². The van der Waals surface area contributed by atoms with E-state index >= 15 is 0 Å². The number of para-hydroxylation sites is 1. The van der Waals surface area contributed by atoms with E-state index in [9.17, 15) is 22.8 Å². The maximum Gasteiger partial charge on any atom is 0.418 e. The van der Waals surface area contributed by atoms with Gasteiger partial charge in [0.25, 0.3) is 5.91 Å². The van der Waals surface area contributed by atoms with E-state index in [1.807, 2.05) is 25.1 Å². The number of alkyl halides is 3. The van der Waals surface area contributed by atoms with E-state index in [2.05, 4.69) is 20.8 Å². The van der Waals surface area contributed by atoms with E-state index in [1.54, 1.807) is 22.8 Å². The molecule has 3 aromatic carbocycles. The van der Waals surface area contributed by atoms with Crippen molar-refractivity contribution in [2.45, 2.75) is 24.8 Å². The number of hydrogen-bond acceptors (Lipinski definition) is 6. The van der Waals surface area contributed by atoms with Crippen molar-refractivity contribution in [2.75, 3.05) is 17.7 Å². The normalized spacial score (nSPS) is 11.3. The number of nitrogens with one attached hydrogen (secondary N) is 2. The number of hydrogen-bond donors (Lipinski definition) is 2. The molecule has 0 unspecified atom stereocenters. The smallest absolute Gasteiger partial charge is 0.418 e. The van der Waals surface area contributed by atoms with E-state index < -0.39 is 23.6 Å². The molecule has 0 bridgehead atoms. The van der Waals surface area contributed by atoms with Gasteiger partial charge in [-0.2, -0.15) is 13.2 Å². The molecule has 0 aliphatic heterocycles. The first-order valence-corrected chi connectivity index (χ1v) is 13.7. The molecule has 0 saturated heterocycles. The Balaban J connectivity index is 1.45. The van der Waals surface area contributed by atoms with Gasteiger partial charge in [0.15, 0.2) is 17.6 Å². The summed E-state index contributed by atoms with van der Waals surface area (Å²) in [6.45, 7) is 1.55. The highest BCUT2D eigenvalue weighted by Crippen LogP contribution is 2.35. The largest absolute Gasteiger partial charge is 0.482 e. The summed E-state index contributed by atoms with van der Waals surface area (Å²) in [4.78, 5) is 25.0. The minimum Gasteiger partial charge on any atom is -0.482 e. The highest BCUT2D eigenvalue weighted by atomic mass is 35.5. The van der Waals surface area contributed by atoms with Gasteiger partial charge in [0.05, 0.1) is 28.6 Å². The summed E-state index contributed by atoms with van der Waals surface area (Å²) in [7, 11) is 0. The quantitative estimate of drug-likeness (QED) is 0.200. The molecule has 41 heavy (non-hydrogen) atoms. The predicted octanol–water partition coefficient (Wildman–Crippen LogP) is 6.33. The molecular formula is C27H22Cl2F3N5O3S. The second-order valence-corrected chi connectivity index (χ2v) is 10.4. The second-order valence-electron chi connectivity index (χ2n) is 8.59. The molecule has 0 atom stereocenters. The number of carbonyl (C=O) groups excluding carboxylic acids is 2. The maximum absolute atomic E-state index is 13.3. The van der Waals surface area contributed by atoms with Crippen molar-refractivity contribution in [1.29, 1.82) is 0 Å². The SMILES string of the molecule is Cc1cccc(-n2c(CNC(=O)COc3ccc(Cl)cc3Cl)nnc2SCC(=O)Nc2ccccc2C(F)(F)F)c1. The zero-order valence-electron chi connectivity index (χ0n) is 21.3. The Morgan fingerprint density at radius 3 is 2.51 bits per heavy atom. The first kappa shape index (κ1) is 30.2. The zero-order valence-corrected chi connectivity index (χ0v) is 23.7. The lowest BCUT2D eigenvalue weighted by atomic mass is 10.1. The number of aryl methyl sites for hydroxylation is 1. The van der Waals surface area contributed by atoms with Crippen LogP contribution in [0.25, 0.3) is 5.69 Å². The van der Waals surface area contributed by atoms with Crippen LogP contribution in [0.1, 0.15) is 17.0 Å². The summed E-state index contributed by atoms with van der Waals surface area (Å²) < 4.78 is 47.0. The maximum atomic E-state index is 13.3. The number of nitrogens with zero attached hydrogens (tertiary/aromatic N) is 3. The fourth-order valence-corrected chi connectivity index (χ4v) is 4.89. The van der Waals surface area contributed by atoms with Gasteiger partial charge >= 0.3 is 6.18 Å². The van der Waals surface area contributed by atoms with Crippen LogP contribution in [0.3, 0.4) is 0 Å². The van der Waals surface area contributed by atoms with Gasteiger partial charge in [-0.3, -0.25) is 14.2 Å². The lowest BCUT2D eigenvalue weighted by molar-refractivity contribution is -0.137. The summed E-state index contributed by atoms with van der Waals surface area (Å²) in [6, 6.07) is 16.8. The second kappa shape index (κ2) is 13.3. The number of amides is 2. The topological polar surface area (TPSA) is 98.1 Å². The number of aromatic nitrogens is 3. The number of anilines is 1. The summed E-state index contributed by atoms with van der Waals surface area (Å²) in [5.41, 5.74) is 0.337. The fourth-order valence-electron chi connectivity index (χ4n) is 3.65. The van der Waals surface area contributed by atoms with Gasteiger partial charge in [0.1, 0.15) is 5.75 Å². The van der Waals surface area contributed by atoms with Gasteiger partial charge in [-0.15, -0.1) is 10.2 Å². The number of rotatable bonds is 10. The number of ether oxygens (including phenoxy) is 1. The molecule has 0 fully saturated rings. The van der Waals surface area contributed by atoms with Crippen LogP contribution in [0.15, 0.2) is 71.9 Å². The molecule has 214 valence electrons. The van der Waals surface area contributed by atoms with Crippen molar-refractivity contribution in [1.82, 2.24) is 20.1 Å². The Labute approximate surface area is 247 Å². The van der Waals surface area contributed by atoms with Crippen molar-refractivity contribution in [3.63, 3.8) is 0 Å². The van der Waals surface area contributed by atoms with Crippen molar-refractivity contribution in [3.8, 4) is 11.4 Å². The monoisotopic (exact) mass is 623 g/mol. The van der Waals surface area contributed by atoms with Crippen LogP contribution in [0.2, 0.25) is 10.0 Å². The van der Waals surface area contributed by atoms with Crippen LogP contribution in [0.4, 0.5) is 18.9 Å². The van der Waals surface area contributed by atoms with E-state index in [4.69, 9.17) is 27.9 Å². The third-order valence-corrected chi connectivity index (χ3v) is 6.95. The standard InChI is InChI=1S/C27H22Cl2F3N5O3S/c1-16-5-4-6-18(11-16)37-23(13-33-24(38)14-40-22-10-9-17(28)12-20(22)29)35-36-26(37)41-15-25(39)34-21-8-3-2-7-19(21)27(30,31)32/h2-12H,13-15H2,1H3,(H,33,38)(H,34,39). The summed E-state index contributed by atoms with van der Waals surface area (Å²) in [5, 5.41) is 14.3. The molecule has 4 aromatic rings. The molecule has 1 aromatic heterocycles. The van der Waals surface area contributed by atoms with E-state index in [-0.39, 0.29) is 29.6 Å². The van der Waals surface area contributed by atoms with Crippen molar-refractivity contribution in [3.05, 3.63) is 93.7 Å². The number of thioether (sulfide) groups is 1. The molecule has 0 aliphatic carbocycles. The average Bonchev–Trinajstić information content (AvgIpc) is 3.33. The minimum absolute atomic E-state index is 0.0246. The van der Waals surface area contributed by atoms with E-state index in [1.165, 1.54) is 24.3 Å². The van der Waals surface area contributed by atoms with Gasteiger partial charge in [0, 0.05) is 10.7 Å². The molecule has 2 amide bonds. The molecule has 4 rings (SSSR count). The third kappa shape index (κ3) is 8.15. The summed E-state index contributed by atoms with van der Waals surface area (Å²) in [5.74, 6) is -0.689. The number of carbonyl (C=O) groups is 2. The van der Waals surface area contributed by atoms with Crippen LogP contribution in [-0.4, -0.2) is 38.9 Å². The van der Waals surface area contributed by atoms with Crippen LogP contribution >= 0.6 is 35.0 Å². The molecule has 2 N–H and O–H groups in total. The van der Waals surface area contributed by atoms with Gasteiger partial charge in [-0.25, -0.2) is 0 Å². The Hall–Kier alpha value is -3.74. The Morgan fingerprint density at radius 1 is 1.00 bits per heavy atom. The molecule has 0 saturated carbocycles. The van der Waals surface area contributed by atoms with Crippen LogP contribution < -0.4 is 15.4 Å².